The number of H-pyrrole nitrogens is 2. The summed E-state index contributed by atoms with van der Waals surface area (Å²) in [6.45, 7) is 1.55. The molecule has 4 heterocycles. The molecule has 0 spiro atoms. The molecule has 0 aliphatic rings. The molecule has 4 aromatic heterocycles. The Morgan fingerprint density at radius 2 is 1.04 bits per heavy atom. The number of carbonyl (C=O) groups excluding carboxylic acids is 1. The van der Waals surface area contributed by atoms with Gasteiger partial charge in [0.2, 0.25) is 0 Å². The van der Waals surface area contributed by atoms with Crippen LogP contribution < -0.4 is 9.47 Å². The van der Waals surface area contributed by atoms with Gasteiger partial charge in [-0.3, -0.25) is 14.2 Å². The summed E-state index contributed by atoms with van der Waals surface area (Å²) < 4.78 is 14.8. The molecule has 0 unspecified atom stereocenters. The standard InChI is InChI=1S/C20H18N4O2.C19H16N4O3.2CH4/c1-12(25)14-9-10-15-16(11-14)22-20(21-15)18-19(26-3)17(23-24(18)2)13-7-5-4-6-8-13;1-23-16(17(26-2)15(22-23)11-6-4-3-5-7-11)18-20-13-9-8-12(19(24)25)10-14(13)21-18;;/h4-11H,1-3H3,(H,21,22);3-10H,1-2H3,(H,20,21)(H,24,25);2*1H4. The van der Waals surface area contributed by atoms with Crippen LogP contribution in [-0.2, 0) is 14.1 Å². The van der Waals surface area contributed by atoms with E-state index in [2.05, 4.69) is 30.1 Å². The van der Waals surface area contributed by atoms with Gasteiger partial charge in [0.1, 0.15) is 22.8 Å². The number of carboxylic acids is 1. The van der Waals surface area contributed by atoms with E-state index in [9.17, 15) is 9.59 Å². The van der Waals surface area contributed by atoms with Gasteiger partial charge in [-0.2, -0.15) is 10.2 Å². The number of benzene rings is 4. The van der Waals surface area contributed by atoms with Crippen LogP contribution in [0.1, 0.15) is 42.5 Å². The monoisotopic (exact) mass is 726 g/mol. The molecule has 8 aromatic rings. The number of aromatic carboxylic acids is 1. The van der Waals surface area contributed by atoms with Gasteiger partial charge in [0, 0.05) is 30.8 Å². The van der Waals surface area contributed by atoms with E-state index in [4.69, 9.17) is 14.6 Å². The molecule has 0 saturated carbocycles. The number of carboxylic acid groups (broad SMARTS) is 1. The Labute approximate surface area is 312 Å². The summed E-state index contributed by atoms with van der Waals surface area (Å²) in [5, 5.41) is 18.4. The van der Waals surface area contributed by atoms with E-state index >= 15 is 0 Å². The quantitative estimate of drug-likeness (QED) is 0.130. The van der Waals surface area contributed by atoms with E-state index < -0.39 is 5.97 Å². The second kappa shape index (κ2) is 15.7. The molecular formula is C41H42N8O5. The third-order valence-electron chi connectivity index (χ3n) is 8.58. The minimum absolute atomic E-state index is 0. The summed E-state index contributed by atoms with van der Waals surface area (Å²) in [5.41, 5.74) is 8.60. The maximum Gasteiger partial charge on any atom is 0.335 e. The fourth-order valence-electron chi connectivity index (χ4n) is 6.08. The normalized spacial score (nSPS) is 10.6. The number of imidazole rings is 2. The first-order valence-corrected chi connectivity index (χ1v) is 16.2. The Balaban J connectivity index is 0.000000200. The van der Waals surface area contributed by atoms with Gasteiger partial charge in [0.25, 0.3) is 0 Å². The number of ketones is 1. The minimum Gasteiger partial charge on any atom is -0.492 e. The Kier molecular flexibility index (Phi) is 11.1. The molecule has 0 aliphatic heterocycles. The summed E-state index contributed by atoms with van der Waals surface area (Å²) in [7, 11) is 6.90. The van der Waals surface area contributed by atoms with E-state index in [1.807, 2.05) is 86.9 Å². The largest absolute Gasteiger partial charge is 0.492 e. The number of ether oxygens (including phenoxy) is 2. The second-order valence-corrected chi connectivity index (χ2v) is 11.9. The van der Waals surface area contributed by atoms with Gasteiger partial charge in [0.05, 0.1) is 41.8 Å². The maximum absolute atomic E-state index is 11.6. The van der Waals surface area contributed by atoms with Gasteiger partial charge in [-0.25, -0.2) is 14.8 Å². The Morgan fingerprint density at radius 1 is 0.630 bits per heavy atom. The molecule has 4 aromatic carbocycles. The summed E-state index contributed by atoms with van der Waals surface area (Å²) in [5.74, 6) is 1.52. The molecular weight excluding hydrogens is 685 g/mol. The van der Waals surface area contributed by atoms with Crippen molar-refractivity contribution in [3.8, 4) is 57.1 Å². The number of carbonyl (C=O) groups is 2. The van der Waals surface area contributed by atoms with Gasteiger partial charge >= 0.3 is 5.97 Å². The zero-order valence-corrected chi connectivity index (χ0v) is 29.0. The molecule has 0 saturated heterocycles. The number of hydrogen-bond donors (Lipinski definition) is 3. The first-order chi connectivity index (χ1) is 25.2. The van der Waals surface area contributed by atoms with Crippen LogP contribution in [0.3, 0.4) is 0 Å². The molecule has 0 atom stereocenters. The van der Waals surface area contributed by atoms with Crippen LogP contribution in [-0.4, -0.2) is 70.6 Å². The average Bonchev–Trinajstić information content (AvgIpc) is 3.93. The van der Waals surface area contributed by atoms with Crippen LogP contribution in [0.5, 0.6) is 11.5 Å². The van der Waals surface area contributed by atoms with Gasteiger partial charge in [0.15, 0.2) is 28.9 Å². The summed E-state index contributed by atoms with van der Waals surface area (Å²) >= 11 is 0. The second-order valence-electron chi connectivity index (χ2n) is 11.9. The zero-order valence-electron chi connectivity index (χ0n) is 29.0. The summed E-state index contributed by atoms with van der Waals surface area (Å²) in [6, 6.07) is 29.9. The number of aromatic amines is 2. The van der Waals surface area contributed by atoms with Gasteiger partial charge in [-0.1, -0.05) is 75.5 Å². The van der Waals surface area contributed by atoms with Crippen molar-refractivity contribution in [2.45, 2.75) is 21.8 Å². The number of nitrogens with zero attached hydrogens (tertiary/aromatic N) is 6. The molecule has 3 N–H and O–H groups in total. The number of Topliss-reactive ketones (excluding diaryl/α,β-unsaturated/α-hetero) is 1. The van der Waals surface area contributed by atoms with Crippen LogP contribution in [0.15, 0.2) is 97.1 Å². The molecule has 0 amide bonds. The number of hydrogen-bond acceptors (Lipinski definition) is 8. The molecule has 13 nitrogen and oxygen atoms in total. The fraction of sp³-hybridized carbons (Fsp3) is 0.171. The highest BCUT2D eigenvalue weighted by atomic mass is 16.5. The smallest absolute Gasteiger partial charge is 0.335 e. The van der Waals surface area contributed by atoms with Crippen LogP contribution in [0, 0.1) is 0 Å². The zero-order chi connectivity index (χ0) is 36.5. The first kappa shape index (κ1) is 38.2. The van der Waals surface area contributed by atoms with Crippen LogP contribution >= 0.6 is 0 Å². The number of fused-ring (bicyclic) bond motifs is 2. The highest BCUT2D eigenvalue weighted by Gasteiger charge is 2.24. The van der Waals surface area contributed by atoms with Crippen molar-refractivity contribution in [2.24, 2.45) is 14.1 Å². The number of rotatable bonds is 8. The number of aromatic nitrogens is 8. The van der Waals surface area contributed by atoms with Crippen molar-refractivity contribution in [3.05, 3.63) is 108 Å². The highest BCUT2D eigenvalue weighted by molar-refractivity contribution is 5.98. The first-order valence-electron chi connectivity index (χ1n) is 16.2. The van der Waals surface area contributed by atoms with Crippen LogP contribution in [0.4, 0.5) is 0 Å². The molecule has 0 aliphatic carbocycles. The van der Waals surface area contributed by atoms with Crippen molar-refractivity contribution in [1.29, 1.82) is 0 Å². The lowest BCUT2D eigenvalue weighted by atomic mass is 10.1. The lowest BCUT2D eigenvalue weighted by Crippen LogP contribution is -1.96. The average molecular weight is 727 g/mol. The molecule has 0 bridgehead atoms. The van der Waals surface area contributed by atoms with Crippen molar-refractivity contribution in [3.63, 3.8) is 0 Å². The third kappa shape index (κ3) is 7.06. The van der Waals surface area contributed by atoms with E-state index in [0.717, 1.165) is 39.2 Å². The fourth-order valence-corrected chi connectivity index (χ4v) is 6.08. The molecule has 0 radical (unpaired) electrons. The van der Waals surface area contributed by atoms with E-state index in [1.54, 1.807) is 48.7 Å². The summed E-state index contributed by atoms with van der Waals surface area (Å²) in [4.78, 5) is 38.5. The van der Waals surface area contributed by atoms with Gasteiger partial charge in [-0.05, 0) is 43.3 Å². The van der Waals surface area contributed by atoms with Crippen molar-refractivity contribution in [1.82, 2.24) is 39.5 Å². The van der Waals surface area contributed by atoms with Crippen LogP contribution in [0.2, 0.25) is 0 Å². The number of methoxy groups -OCH3 is 2. The van der Waals surface area contributed by atoms with Gasteiger partial charge in [-0.15, -0.1) is 0 Å². The topological polar surface area (TPSA) is 166 Å². The van der Waals surface area contributed by atoms with Gasteiger partial charge < -0.3 is 24.5 Å². The van der Waals surface area contributed by atoms with Crippen molar-refractivity contribution >= 4 is 33.8 Å². The molecule has 13 heteroatoms. The van der Waals surface area contributed by atoms with E-state index in [1.165, 1.54) is 6.07 Å². The molecule has 54 heavy (non-hydrogen) atoms. The van der Waals surface area contributed by atoms with E-state index in [0.29, 0.717) is 45.4 Å². The third-order valence-corrected chi connectivity index (χ3v) is 8.58. The Morgan fingerprint density at radius 3 is 1.43 bits per heavy atom. The molecule has 0 fully saturated rings. The van der Waals surface area contributed by atoms with E-state index in [-0.39, 0.29) is 26.2 Å². The lowest BCUT2D eigenvalue weighted by Gasteiger charge is -2.03. The minimum atomic E-state index is -0.979. The predicted octanol–water partition coefficient (Wildman–Crippen LogP) is 8.45. The van der Waals surface area contributed by atoms with Crippen LogP contribution in [0.25, 0.3) is 67.6 Å². The van der Waals surface area contributed by atoms with Crippen molar-refractivity contribution in [2.75, 3.05) is 14.2 Å². The number of nitrogens with one attached hydrogen (secondary N) is 2. The Bertz CT molecular complexity index is 2400. The summed E-state index contributed by atoms with van der Waals surface area (Å²) in [6.07, 6.45) is 0. The van der Waals surface area contributed by atoms with Crippen molar-refractivity contribution < 1.29 is 24.2 Å². The lowest BCUT2D eigenvalue weighted by molar-refractivity contribution is 0.0696. The highest BCUT2D eigenvalue weighted by Crippen LogP contribution is 2.39. The predicted molar refractivity (Wildman–Crippen MR) is 211 cm³/mol. The maximum atomic E-state index is 11.6. The Hall–Kier alpha value is -7.02. The SMILES string of the molecule is C.C.COc1c(-c2ccccc2)nn(C)c1-c1nc2ccc(C(=O)O)cc2[nH]1.COc1c(-c2ccccc2)nn(C)c1-c1nc2ccc(C(C)=O)cc2[nH]1. The molecule has 276 valence electrons. The number of aryl methyl sites for hydroxylation is 2. The molecule has 8 rings (SSSR count).